The predicted octanol–water partition coefficient (Wildman–Crippen LogP) is 2.68. The smallest absolute Gasteiger partial charge is 0.275 e. The average Bonchev–Trinajstić information content (AvgIpc) is 3.04. The molecule has 3 heterocycles. The maximum absolute atomic E-state index is 12.2. The number of halogens is 1. The quantitative estimate of drug-likeness (QED) is 0.793. The fourth-order valence-electron chi connectivity index (χ4n) is 1.76. The number of carbonyl (C=O) groups is 1. The lowest BCUT2D eigenvalue weighted by atomic mass is 10.3. The molecule has 104 valence electrons. The highest BCUT2D eigenvalue weighted by Crippen LogP contribution is 2.19. The predicted molar refractivity (Wildman–Crippen MR) is 81.2 cm³/mol. The van der Waals surface area contributed by atoms with Gasteiger partial charge in [-0.05, 0) is 46.3 Å². The summed E-state index contributed by atoms with van der Waals surface area (Å²) in [5.74, 6) is 0.122. The molecule has 21 heavy (non-hydrogen) atoms. The van der Waals surface area contributed by atoms with Gasteiger partial charge in [0, 0.05) is 24.8 Å². The molecule has 0 saturated carbocycles. The summed E-state index contributed by atoms with van der Waals surface area (Å²) in [7, 11) is 0. The second kappa shape index (κ2) is 5.84. The Bertz CT molecular complexity index is 773. The van der Waals surface area contributed by atoms with Crippen molar-refractivity contribution < 1.29 is 4.79 Å². The van der Waals surface area contributed by atoms with Crippen LogP contribution in [-0.2, 0) is 0 Å². The van der Waals surface area contributed by atoms with Crippen molar-refractivity contribution in [2.75, 3.05) is 5.32 Å². The molecule has 1 N–H and O–H groups in total. The summed E-state index contributed by atoms with van der Waals surface area (Å²) in [6, 6.07) is 8.83. The van der Waals surface area contributed by atoms with Gasteiger partial charge < -0.3 is 5.32 Å². The number of pyridine rings is 2. The Balaban J connectivity index is 1.85. The molecule has 3 aromatic rings. The van der Waals surface area contributed by atoms with Crippen molar-refractivity contribution in [2.24, 2.45) is 0 Å². The zero-order valence-electron chi connectivity index (χ0n) is 10.8. The monoisotopic (exact) mass is 343 g/mol. The Morgan fingerprint density at radius 1 is 1.14 bits per heavy atom. The molecule has 0 fully saturated rings. The van der Waals surface area contributed by atoms with Crippen LogP contribution in [0, 0.1) is 0 Å². The maximum atomic E-state index is 12.2. The molecule has 0 aromatic carbocycles. The number of hydrogen-bond donors (Lipinski definition) is 1. The van der Waals surface area contributed by atoms with E-state index in [-0.39, 0.29) is 5.91 Å². The van der Waals surface area contributed by atoms with Gasteiger partial charge in [-0.3, -0.25) is 9.78 Å². The number of anilines is 1. The van der Waals surface area contributed by atoms with E-state index in [4.69, 9.17) is 0 Å². The van der Waals surface area contributed by atoms with Crippen molar-refractivity contribution in [3.63, 3.8) is 0 Å². The van der Waals surface area contributed by atoms with Crippen LogP contribution in [0.15, 0.2) is 59.6 Å². The summed E-state index contributed by atoms with van der Waals surface area (Å²) in [4.78, 5) is 20.4. The molecule has 7 heteroatoms. The lowest BCUT2D eigenvalue weighted by Gasteiger charge is -2.07. The average molecular weight is 344 g/mol. The minimum atomic E-state index is -0.330. The van der Waals surface area contributed by atoms with E-state index in [0.29, 0.717) is 16.0 Å². The van der Waals surface area contributed by atoms with Crippen LogP contribution in [0.4, 0.5) is 5.82 Å². The normalized spacial score (nSPS) is 10.3. The molecule has 3 rings (SSSR count). The zero-order chi connectivity index (χ0) is 14.7. The van der Waals surface area contributed by atoms with Gasteiger partial charge in [0.15, 0.2) is 0 Å². The molecule has 0 spiro atoms. The van der Waals surface area contributed by atoms with Crippen LogP contribution in [0.3, 0.4) is 0 Å². The van der Waals surface area contributed by atoms with Crippen LogP contribution >= 0.6 is 15.9 Å². The molecule has 0 bridgehead atoms. The third kappa shape index (κ3) is 2.97. The van der Waals surface area contributed by atoms with Crippen molar-refractivity contribution >= 4 is 27.7 Å². The van der Waals surface area contributed by atoms with E-state index in [1.807, 2.05) is 6.07 Å². The fourth-order valence-corrected chi connectivity index (χ4v) is 2.11. The molecular formula is C14H10BrN5O. The highest BCUT2D eigenvalue weighted by molar-refractivity contribution is 9.10. The Hall–Kier alpha value is -2.54. The minimum absolute atomic E-state index is 0.292. The third-order valence-electron chi connectivity index (χ3n) is 2.74. The number of hydrogen-bond acceptors (Lipinski definition) is 4. The van der Waals surface area contributed by atoms with Crippen molar-refractivity contribution in [1.29, 1.82) is 0 Å². The number of nitrogens with zero attached hydrogens (tertiary/aromatic N) is 4. The first kappa shape index (κ1) is 13.4. The Labute approximate surface area is 129 Å². The Morgan fingerprint density at radius 2 is 2.05 bits per heavy atom. The standard InChI is InChI=1S/C14H10BrN5O/c15-11-3-1-5-17-13(11)19-14(21)12-9-10(4-7-16-12)20-8-2-6-18-20/h1-9H,(H,17,19,21). The minimum Gasteiger partial charge on any atom is -0.304 e. The second-order valence-electron chi connectivity index (χ2n) is 4.14. The van der Waals surface area contributed by atoms with Crippen molar-refractivity contribution in [3.8, 4) is 5.69 Å². The van der Waals surface area contributed by atoms with Gasteiger partial charge in [-0.15, -0.1) is 0 Å². The van der Waals surface area contributed by atoms with Crippen LogP contribution < -0.4 is 5.32 Å². The van der Waals surface area contributed by atoms with E-state index in [1.54, 1.807) is 53.7 Å². The van der Waals surface area contributed by atoms with E-state index < -0.39 is 0 Å². The Kier molecular flexibility index (Phi) is 3.74. The van der Waals surface area contributed by atoms with Crippen molar-refractivity contribution in [2.45, 2.75) is 0 Å². The lowest BCUT2D eigenvalue weighted by molar-refractivity contribution is 0.102. The second-order valence-corrected chi connectivity index (χ2v) is 4.99. The van der Waals surface area contributed by atoms with E-state index in [1.165, 1.54) is 0 Å². The number of rotatable bonds is 3. The van der Waals surface area contributed by atoms with Gasteiger partial charge in [-0.1, -0.05) is 0 Å². The first-order chi connectivity index (χ1) is 10.2. The largest absolute Gasteiger partial charge is 0.304 e. The summed E-state index contributed by atoms with van der Waals surface area (Å²) in [5.41, 5.74) is 1.06. The molecule has 0 atom stereocenters. The van der Waals surface area contributed by atoms with Gasteiger partial charge in [-0.25, -0.2) is 9.67 Å². The molecule has 3 aromatic heterocycles. The summed E-state index contributed by atoms with van der Waals surface area (Å²) in [5, 5.41) is 6.83. The van der Waals surface area contributed by atoms with Gasteiger partial charge in [-0.2, -0.15) is 5.10 Å². The zero-order valence-corrected chi connectivity index (χ0v) is 12.4. The highest BCUT2D eigenvalue weighted by atomic mass is 79.9. The number of amides is 1. The maximum Gasteiger partial charge on any atom is 0.275 e. The van der Waals surface area contributed by atoms with Crippen LogP contribution in [0.25, 0.3) is 5.69 Å². The van der Waals surface area contributed by atoms with Crippen LogP contribution in [-0.4, -0.2) is 25.7 Å². The van der Waals surface area contributed by atoms with Crippen LogP contribution in [0.2, 0.25) is 0 Å². The van der Waals surface area contributed by atoms with Gasteiger partial charge in [0.05, 0.1) is 10.2 Å². The summed E-state index contributed by atoms with van der Waals surface area (Å²) >= 11 is 3.33. The number of nitrogens with one attached hydrogen (secondary N) is 1. The van der Waals surface area contributed by atoms with E-state index >= 15 is 0 Å². The molecule has 0 radical (unpaired) electrons. The SMILES string of the molecule is O=C(Nc1ncccc1Br)c1cc(-n2cccn2)ccn1. The van der Waals surface area contributed by atoms with Crippen LogP contribution in [0.5, 0.6) is 0 Å². The third-order valence-corrected chi connectivity index (χ3v) is 3.38. The first-order valence-electron chi connectivity index (χ1n) is 6.12. The molecule has 0 aliphatic carbocycles. The van der Waals surface area contributed by atoms with E-state index in [2.05, 4.69) is 36.3 Å². The number of aromatic nitrogens is 4. The van der Waals surface area contributed by atoms with Gasteiger partial charge in [0.2, 0.25) is 0 Å². The lowest BCUT2D eigenvalue weighted by Crippen LogP contribution is -2.15. The molecule has 0 unspecified atom stereocenters. The first-order valence-corrected chi connectivity index (χ1v) is 6.91. The topological polar surface area (TPSA) is 72.7 Å². The molecule has 0 saturated heterocycles. The highest BCUT2D eigenvalue weighted by Gasteiger charge is 2.11. The summed E-state index contributed by atoms with van der Waals surface area (Å²) in [6.45, 7) is 0. The van der Waals surface area contributed by atoms with E-state index in [0.717, 1.165) is 5.69 Å². The van der Waals surface area contributed by atoms with Gasteiger partial charge in [0.1, 0.15) is 11.5 Å². The molecule has 6 nitrogen and oxygen atoms in total. The van der Waals surface area contributed by atoms with Crippen molar-refractivity contribution in [1.82, 2.24) is 19.7 Å². The van der Waals surface area contributed by atoms with Gasteiger partial charge in [0.25, 0.3) is 5.91 Å². The van der Waals surface area contributed by atoms with Gasteiger partial charge >= 0.3 is 0 Å². The number of carbonyl (C=O) groups excluding carboxylic acids is 1. The molecular weight excluding hydrogens is 334 g/mol. The van der Waals surface area contributed by atoms with E-state index in [9.17, 15) is 4.79 Å². The van der Waals surface area contributed by atoms with Crippen molar-refractivity contribution in [3.05, 3.63) is 65.3 Å². The summed E-state index contributed by atoms with van der Waals surface area (Å²) < 4.78 is 2.37. The van der Waals surface area contributed by atoms with Crippen LogP contribution in [0.1, 0.15) is 10.5 Å². The molecule has 0 aliphatic rings. The fraction of sp³-hybridized carbons (Fsp3) is 0. The summed E-state index contributed by atoms with van der Waals surface area (Å²) in [6.07, 6.45) is 6.64. The molecule has 1 amide bonds. The Morgan fingerprint density at radius 3 is 2.81 bits per heavy atom. The molecule has 0 aliphatic heterocycles.